The van der Waals surface area contributed by atoms with Crippen molar-refractivity contribution in [2.45, 2.75) is 6.92 Å². The van der Waals surface area contributed by atoms with E-state index < -0.39 is 29.1 Å². The molecule has 2 rings (SSSR count). The number of esters is 1. The third kappa shape index (κ3) is 5.91. The first-order valence-corrected chi connectivity index (χ1v) is 8.45. The topological polar surface area (TPSA) is 137 Å². The van der Waals surface area contributed by atoms with E-state index in [2.05, 4.69) is 10.6 Å². The molecule has 0 heterocycles. The number of carbonyl (C=O) groups is 3. The lowest BCUT2D eigenvalue weighted by atomic mass is 10.2. The fraction of sp³-hybridized carbons (Fsp3) is 0.167. The molecule has 0 aromatic heterocycles. The van der Waals surface area contributed by atoms with Gasteiger partial charge in [-0.2, -0.15) is 0 Å². The molecule has 2 aromatic carbocycles. The number of carbonyl (C=O) groups excluding carboxylic acids is 3. The first-order chi connectivity index (χ1) is 13.7. The molecular weight excluding hydrogens is 406 g/mol. The van der Waals surface area contributed by atoms with Crippen LogP contribution in [0.5, 0.6) is 5.75 Å². The molecule has 0 saturated carbocycles. The van der Waals surface area contributed by atoms with E-state index in [1.807, 2.05) is 0 Å². The Balaban J connectivity index is 2.08. The van der Waals surface area contributed by atoms with Gasteiger partial charge in [0.05, 0.1) is 17.7 Å². The first-order valence-electron chi connectivity index (χ1n) is 8.07. The molecule has 11 heteroatoms. The summed E-state index contributed by atoms with van der Waals surface area (Å²) in [5.74, 6) is -1.76. The van der Waals surface area contributed by atoms with E-state index in [9.17, 15) is 24.5 Å². The molecule has 0 aliphatic carbocycles. The van der Waals surface area contributed by atoms with Crippen molar-refractivity contribution in [1.82, 2.24) is 0 Å². The summed E-state index contributed by atoms with van der Waals surface area (Å²) in [6.07, 6.45) is 0. The minimum absolute atomic E-state index is 0.0807. The number of nitrogens with one attached hydrogen (secondary N) is 2. The zero-order valence-corrected chi connectivity index (χ0v) is 16.1. The van der Waals surface area contributed by atoms with Crippen molar-refractivity contribution in [2.75, 3.05) is 24.4 Å². The van der Waals surface area contributed by atoms with E-state index in [0.29, 0.717) is 11.4 Å². The number of nitro benzene ring substituents is 1. The smallest absolute Gasteiger partial charge is 0.345 e. The number of anilines is 2. The van der Waals surface area contributed by atoms with Gasteiger partial charge in [0.15, 0.2) is 6.61 Å². The summed E-state index contributed by atoms with van der Waals surface area (Å²) in [7, 11) is 1.39. The van der Waals surface area contributed by atoms with Crippen LogP contribution in [0.3, 0.4) is 0 Å². The summed E-state index contributed by atoms with van der Waals surface area (Å²) in [5.41, 5.74) is -0.218. The largest absolute Gasteiger partial charge is 0.495 e. The van der Waals surface area contributed by atoms with E-state index in [4.69, 9.17) is 21.1 Å². The molecule has 10 nitrogen and oxygen atoms in total. The van der Waals surface area contributed by atoms with Crippen LogP contribution in [-0.4, -0.2) is 36.4 Å². The fourth-order valence-corrected chi connectivity index (χ4v) is 2.48. The van der Waals surface area contributed by atoms with Crippen molar-refractivity contribution in [3.05, 3.63) is 57.1 Å². The number of ether oxygens (including phenoxy) is 2. The van der Waals surface area contributed by atoms with Crippen molar-refractivity contribution in [3.63, 3.8) is 0 Å². The van der Waals surface area contributed by atoms with E-state index in [1.165, 1.54) is 32.2 Å². The van der Waals surface area contributed by atoms with Gasteiger partial charge < -0.3 is 20.1 Å². The van der Waals surface area contributed by atoms with Crippen LogP contribution < -0.4 is 15.4 Å². The Labute approximate surface area is 169 Å². The summed E-state index contributed by atoms with van der Waals surface area (Å²) in [4.78, 5) is 45.7. The molecule has 0 radical (unpaired) electrons. The van der Waals surface area contributed by atoms with Crippen LogP contribution in [-0.2, 0) is 14.3 Å². The van der Waals surface area contributed by atoms with Gasteiger partial charge in [0.2, 0.25) is 5.91 Å². The average molecular weight is 422 g/mol. The molecule has 29 heavy (non-hydrogen) atoms. The molecule has 0 unspecified atom stereocenters. The van der Waals surface area contributed by atoms with Gasteiger partial charge >= 0.3 is 5.97 Å². The van der Waals surface area contributed by atoms with Gasteiger partial charge in [0.25, 0.3) is 11.6 Å². The molecule has 0 fully saturated rings. The van der Waals surface area contributed by atoms with E-state index in [1.54, 1.807) is 6.07 Å². The van der Waals surface area contributed by atoms with Crippen molar-refractivity contribution in [1.29, 1.82) is 0 Å². The number of nitrogens with zero attached hydrogens (tertiary/aromatic N) is 1. The second kappa shape index (κ2) is 9.51. The third-order valence-corrected chi connectivity index (χ3v) is 3.74. The lowest BCUT2D eigenvalue weighted by molar-refractivity contribution is -0.385. The monoisotopic (exact) mass is 421 g/mol. The Morgan fingerprint density at radius 3 is 2.48 bits per heavy atom. The van der Waals surface area contributed by atoms with Crippen LogP contribution >= 0.6 is 11.6 Å². The highest BCUT2D eigenvalue weighted by molar-refractivity contribution is 6.31. The average Bonchev–Trinajstić information content (AvgIpc) is 2.65. The quantitative estimate of drug-likeness (QED) is 0.398. The molecular formula is C18H16ClN3O7. The van der Waals surface area contributed by atoms with Crippen molar-refractivity contribution < 1.29 is 28.8 Å². The lowest BCUT2D eigenvalue weighted by Crippen LogP contribution is -2.21. The molecule has 0 spiro atoms. The Morgan fingerprint density at radius 2 is 1.86 bits per heavy atom. The summed E-state index contributed by atoms with van der Waals surface area (Å²) >= 11 is 5.70. The van der Waals surface area contributed by atoms with E-state index in [-0.39, 0.29) is 22.2 Å². The Morgan fingerprint density at radius 1 is 1.14 bits per heavy atom. The van der Waals surface area contributed by atoms with E-state index in [0.717, 1.165) is 12.1 Å². The number of amides is 2. The number of benzene rings is 2. The van der Waals surface area contributed by atoms with Crippen LogP contribution in [0.1, 0.15) is 17.3 Å². The minimum atomic E-state index is -1.05. The van der Waals surface area contributed by atoms with Crippen molar-refractivity contribution in [2.24, 2.45) is 0 Å². The maximum atomic E-state index is 12.1. The number of methoxy groups -OCH3 is 1. The Bertz CT molecular complexity index is 978. The SMILES string of the molecule is COc1ccc(NC(C)=O)cc1NC(=O)COC(=O)c1ccc(Cl)cc1[N+](=O)[O-]. The second-order valence-corrected chi connectivity index (χ2v) is 6.08. The molecule has 152 valence electrons. The predicted molar refractivity (Wildman–Crippen MR) is 104 cm³/mol. The first kappa shape index (κ1) is 21.6. The van der Waals surface area contributed by atoms with Gasteiger partial charge in [-0.3, -0.25) is 19.7 Å². The summed E-state index contributed by atoms with van der Waals surface area (Å²) < 4.78 is 9.98. The fourth-order valence-electron chi connectivity index (χ4n) is 2.31. The zero-order chi connectivity index (χ0) is 21.6. The molecule has 2 N–H and O–H groups in total. The highest BCUT2D eigenvalue weighted by Crippen LogP contribution is 2.28. The van der Waals surface area contributed by atoms with Gasteiger partial charge in [-0.1, -0.05) is 11.6 Å². The normalized spacial score (nSPS) is 10.0. The van der Waals surface area contributed by atoms with Gasteiger partial charge in [0, 0.05) is 23.7 Å². The minimum Gasteiger partial charge on any atom is -0.495 e. The number of rotatable bonds is 7. The zero-order valence-electron chi connectivity index (χ0n) is 15.4. The lowest BCUT2D eigenvalue weighted by Gasteiger charge is -2.12. The highest BCUT2D eigenvalue weighted by atomic mass is 35.5. The Kier molecular flexibility index (Phi) is 7.10. The molecule has 0 aliphatic rings. The maximum absolute atomic E-state index is 12.1. The van der Waals surface area contributed by atoms with Gasteiger partial charge in [-0.05, 0) is 30.3 Å². The maximum Gasteiger partial charge on any atom is 0.345 e. The van der Waals surface area contributed by atoms with Crippen LogP contribution in [0.25, 0.3) is 0 Å². The van der Waals surface area contributed by atoms with Gasteiger partial charge in [-0.25, -0.2) is 4.79 Å². The number of hydrogen-bond donors (Lipinski definition) is 2. The number of nitro groups is 1. The number of hydrogen-bond acceptors (Lipinski definition) is 7. The molecule has 0 aliphatic heterocycles. The predicted octanol–water partition coefficient (Wildman–Crippen LogP) is 3.01. The van der Waals surface area contributed by atoms with Crippen LogP contribution in [0.15, 0.2) is 36.4 Å². The summed E-state index contributed by atoms with van der Waals surface area (Å²) in [5, 5.41) is 16.2. The molecule has 0 bridgehead atoms. The van der Waals surface area contributed by atoms with Crippen LogP contribution in [0.2, 0.25) is 5.02 Å². The Hall–Kier alpha value is -3.66. The standard InChI is InChI=1S/C18H16ClN3O7/c1-10(23)20-12-4-6-16(28-2)14(8-12)21-17(24)9-29-18(25)13-5-3-11(19)7-15(13)22(26)27/h3-8H,9H2,1-2H3,(H,20,23)(H,21,24). The van der Waals surface area contributed by atoms with Crippen molar-refractivity contribution >= 4 is 46.4 Å². The molecule has 2 amide bonds. The molecule has 0 saturated heterocycles. The van der Waals surface area contributed by atoms with Crippen LogP contribution in [0, 0.1) is 10.1 Å². The molecule has 0 atom stereocenters. The summed E-state index contributed by atoms with van der Waals surface area (Å²) in [6.45, 7) is 0.629. The van der Waals surface area contributed by atoms with Gasteiger partial charge in [0.1, 0.15) is 11.3 Å². The summed E-state index contributed by atoms with van der Waals surface area (Å²) in [6, 6.07) is 8.02. The molecule has 2 aromatic rings. The van der Waals surface area contributed by atoms with Crippen molar-refractivity contribution in [3.8, 4) is 5.75 Å². The second-order valence-electron chi connectivity index (χ2n) is 5.64. The highest BCUT2D eigenvalue weighted by Gasteiger charge is 2.22. The van der Waals surface area contributed by atoms with E-state index >= 15 is 0 Å². The van der Waals surface area contributed by atoms with Crippen LogP contribution in [0.4, 0.5) is 17.1 Å². The van der Waals surface area contributed by atoms with Gasteiger partial charge in [-0.15, -0.1) is 0 Å². The number of halogens is 1. The third-order valence-electron chi connectivity index (χ3n) is 3.50.